The van der Waals surface area contributed by atoms with Gasteiger partial charge in [0.05, 0.1) is 28.8 Å². The van der Waals surface area contributed by atoms with Crippen molar-refractivity contribution in [1.82, 2.24) is 9.97 Å². The van der Waals surface area contributed by atoms with Crippen LogP contribution >= 0.6 is 11.3 Å². The summed E-state index contributed by atoms with van der Waals surface area (Å²) < 4.78 is 0. The number of amides is 1. The predicted octanol–water partition coefficient (Wildman–Crippen LogP) is 3.38. The molecule has 0 saturated heterocycles. The first kappa shape index (κ1) is 16.8. The largest absolute Gasteiger partial charge is 0.326 e. The van der Waals surface area contributed by atoms with Crippen LogP contribution in [0.3, 0.4) is 0 Å². The maximum Gasteiger partial charge on any atom is 0.230 e. The van der Waals surface area contributed by atoms with Crippen LogP contribution in [0.2, 0.25) is 0 Å². The van der Waals surface area contributed by atoms with Crippen LogP contribution in [0.25, 0.3) is 0 Å². The summed E-state index contributed by atoms with van der Waals surface area (Å²) in [5.74, 6) is -0.138. The third-order valence-electron chi connectivity index (χ3n) is 3.59. The lowest BCUT2D eigenvalue weighted by atomic mass is 10.1. The van der Waals surface area contributed by atoms with E-state index in [1.54, 1.807) is 48.0 Å². The number of nitrogens with one attached hydrogen (secondary N) is 1. The number of benzene rings is 1. The third kappa shape index (κ3) is 4.96. The van der Waals surface area contributed by atoms with Gasteiger partial charge in [0.25, 0.3) is 0 Å². The van der Waals surface area contributed by atoms with Gasteiger partial charge in [0.2, 0.25) is 5.91 Å². The first-order valence-electron chi connectivity index (χ1n) is 7.85. The van der Waals surface area contributed by atoms with Crippen molar-refractivity contribution < 1.29 is 4.79 Å². The summed E-state index contributed by atoms with van der Waals surface area (Å²) >= 11 is 1.57. The second-order valence-corrected chi connectivity index (χ2v) is 6.45. The molecule has 6 heteroatoms. The number of anilines is 1. The number of carbonyl (C=O) groups excluding carboxylic acids is 1. The molecule has 3 aromatic rings. The van der Waals surface area contributed by atoms with Gasteiger partial charge in [-0.25, -0.2) is 4.98 Å². The van der Waals surface area contributed by atoms with Gasteiger partial charge in [-0.15, -0.1) is 11.3 Å². The van der Waals surface area contributed by atoms with Crippen LogP contribution in [0.1, 0.15) is 21.8 Å². The molecule has 0 spiro atoms. The summed E-state index contributed by atoms with van der Waals surface area (Å²) in [5, 5.41) is 14.6. The Hall–Kier alpha value is -3.04. The molecule has 0 fully saturated rings. The van der Waals surface area contributed by atoms with Crippen molar-refractivity contribution in [3.63, 3.8) is 0 Å². The van der Waals surface area contributed by atoms with Crippen LogP contribution in [0, 0.1) is 11.3 Å². The Morgan fingerprint density at radius 3 is 2.84 bits per heavy atom. The number of thiazole rings is 1. The van der Waals surface area contributed by atoms with E-state index < -0.39 is 0 Å². The van der Waals surface area contributed by atoms with Crippen LogP contribution < -0.4 is 5.32 Å². The molecule has 25 heavy (non-hydrogen) atoms. The van der Waals surface area contributed by atoms with E-state index in [0.717, 1.165) is 23.5 Å². The van der Waals surface area contributed by atoms with Gasteiger partial charge in [-0.1, -0.05) is 6.07 Å². The number of aromatic nitrogens is 2. The lowest BCUT2D eigenvalue weighted by Crippen LogP contribution is -2.14. The van der Waals surface area contributed by atoms with Gasteiger partial charge in [-0.2, -0.15) is 5.26 Å². The molecule has 0 aliphatic rings. The van der Waals surface area contributed by atoms with Crippen molar-refractivity contribution in [1.29, 1.82) is 5.26 Å². The molecule has 1 N–H and O–H groups in total. The molecule has 0 aliphatic carbocycles. The normalized spacial score (nSPS) is 10.2. The zero-order valence-corrected chi connectivity index (χ0v) is 14.3. The molecule has 1 amide bonds. The van der Waals surface area contributed by atoms with Crippen LogP contribution in [0.5, 0.6) is 0 Å². The number of carbonyl (C=O) groups is 1. The number of hydrogen-bond donors (Lipinski definition) is 1. The van der Waals surface area contributed by atoms with E-state index in [-0.39, 0.29) is 12.3 Å². The topological polar surface area (TPSA) is 78.7 Å². The molecule has 5 nitrogen and oxygen atoms in total. The SMILES string of the molecule is N#Cc1cccc(NC(=O)Cc2csc(CCc3ccncc3)n2)c1. The average molecular weight is 348 g/mol. The molecular weight excluding hydrogens is 332 g/mol. The van der Waals surface area contributed by atoms with E-state index in [4.69, 9.17) is 5.26 Å². The Labute approximate surface area is 150 Å². The molecule has 0 aliphatic heterocycles. The maximum atomic E-state index is 12.1. The fraction of sp³-hybridized carbons (Fsp3) is 0.158. The molecule has 0 saturated carbocycles. The Morgan fingerprint density at radius 2 is 2.04 bits per heavy atom. The van der Waals surface area contributed by atoms with Gasteiger partial charge < -0.3 is 5.32 Å². The smallest absolute Gasteiger partial charge is 0.230 e. The number of nitrogens with zero attached hydrogens (tertiary/aromatic N) is 3. The molecule has 0 atom stereocenters. The van der Waals surface area contributed by atoms with Crippen molar-refractivity contribution in [2.45, 2.75) is 19.3 Å². The van der Waals surface area contributed by atoms with E-state index in [2.05, 4.69) is 21.4 Å². The highest BCUT2D eigenvalue weighted by atomic mass is 32.1. The van der Waals surface area contributed by atoms with Gasteiger partial charge in [-0.3, -0.25) is 9.78 Å². The number of aryl methyl sites for hydroxylation is 2. The molecule has 124 valence electrons. The van der Waals surface area contributed by atoms with Gasteiger partial charge in [0, 0.05) is 29.9 Å². The third-order valence-corrected chi connectivity index (χ3v) is 4.55. The van der Waals surface area contributed by atoms with E-state index in [1.165, 1.54) is 5.56 Å². The van der Waals surface area contributed by atoms with Crippen molar-refractivity contribution in [2.24, 2.45) is 0 Å². The summed E-state index contributed by atoms with van der Waals surface area (Å²) in [6.45, 7) is 0. The number of pyridine rings is 1. The fourth-order valence-electron chi connectivity index (χ4n) is 2.38. The quantitative estimate of drug-likeness (QED) is 0.741. The molecule has 2 heterocycles. The number of rotatable bonds is 6. The molecule has 2 aromatic heterocycles. The highest BCUT2D eigenvalue weighted by Gasteiger charge is 2.09. The lowest BCUT2D eigenvalue weighted by Gasteiger charge is -2.04. The number of nitriles is 1. The maximum absolute atomic E-state index is 12.1. The molecule has 0 radical (unpaired) electrons. The van der Waals surface area contributed by atoms with Gasteiger partial charge in [0.15, 0.2) is 0 Å². The summed E-state index contributed by atoms with van der Waals surface area (Å²) in [5.41, 5.74) is 3.13. The first-order chi connectivity index (χ1) is 12.2. The average Bonchev–Trinajstić information content (AvgIpc) is 3.08. The van der Waals surface area contributed by atoms with Gasteiger partial charge in [0.1, 0.15) is 0 Å². The van der Waals surface area contributed by atoms with E-state index in [9.17, 15) is 4.79 Å². The van der Waals surface area contributed by atoms with E-state index >= 15 is 0 Å². The van der Waals surface area contributed by atoms with Crippen LogP contribution in [0.4, 0.5) is 5.69 Å². The van der Waals surface area contributed by atoms with E-state index in [0.29, 0.717) is 11.3 Å². The first-order valence-corrected chi connectivity index (χ1v) is 8.73. The minimum absolute atomic E-state index is 0.138. The Kier molecular flexibility index (Phi) is 5.50. The summed E-state index contributed by atoms with van der Waals surface area (Å²) in [4.78, 5) is 20.7. The molecule has 3 rings (SSSR count). The molecule has 1 aromatic carbocycles. The Morgan fingerprint density at radius 1 is 1.20 bits per heavy atom. The standard InChI is InChI=1S/C19H16N4OS/c20-12-15-2-1-3-16(10-15)22-18(24)11-17-13-25-19(23-17)5-4-14-6-8-21-9-7-14/h1-3,6-10,13H,4-5,11H2,(H,22,24). The summed E-state index contributed by atoms with van der Waals surface area (Å²) in [7, 11) is 0. The summed E-state index contributed by atoms with van der Waals surface area (Å²) in [6, 6.07) is 12.9. The second kappa shape index (κ2) is 8.18. The zero-order valence-electron chi connectivity index (χ0n) is 13.5. The minimum atomic E-state index is -0.138. The zero-order chi connectivity index (χ0) is 17.5. The lowest BCUT2D eigenvalue weighted by molar-refractivity contribution is -0.115. The monoisotopic (exact) mass is 348 g/mol. The van der Waals surface area contributed by atoms with Crippen molar-refractivity contribution in [3.8, 4) is 6.07 Å². The van der Waals surface area contributed by atoms with Gasteiger partial charge >= 0.3 is 0 Å². The number of hydrogen-bond acceptors (Lipinski definition) is 5. The second-order valence-electron chi connectivity index (χ2n) is 5.51. The van der Waals surface area contributed by atoms with Crippen LogP contribution in [0.15, 0.2) is 54.2 Å². The Balaban J connectivity index is 1.54. The minimum Gasteiger partial charge on any atom is -0.326 e. The van der Waals surface area contributed by atoms with Crippen LogP contribution in [-0.2, 0) is 24.1 Å². The van der Waals surface area contributed by atoms with Crippen molar-refractivity contribution in [3.05, 3.63) is 76.0 Å². The van der Waals surface area contributed by atoms with Crippen molar-refractivity contribution in [2.75, 3.05) is 5.32 Å². The highest BCUT2D eigenvalue weighted by Crippen LogP contribution is 2.15. The fourth-order valence-corrected chi connectivity index (χ4v) is 3.18. The van der Waals surface area contributed by atoms with Gasteiger partial charge in [-0.05, 0) is 42.3 Å². The van der Waals surface area contributed by atoms with Crippen LogP contribution in [-0.4, -0.2) is 15.9 Å². The molecular formula is C19H16N4OS. The molecule has 0 bridgehead atoms. The van der Waals surface area contributed by atoms with Crippen molar-refractivity contribution >= 4 is 22.9 Å². The summed E-state index contributed by atoms with van der Waals surface area (Å²) in [6.07, 6.45) is 5.55. The van der Waals surface area contributed by atoms with E-state index in [1.807, 2.05) is 17.5 Å². The Bertz CT molecular complexity index is 899. The molecule has 0 unspecified atom stereocenters. The predicted molar refractivity (Wildman–Crippen MR) is 97.2 cm³/mol. The highest BCUT2D eigenvalue weighted by molar-refractivity contribution is 7.09.